The number of amides is 1. The largest absolute Gasteiger partial charge is 0.450 e. The molecule has 0 saturated heterocycles. The van der Waals surface area contributed by atoms with Crippen molar-refractivity contribution in [2.24, 2.45) is 0 Å². The minimum absolute atomic E-state index is 0.0781. The first-order valence-electron chi connectivity index (χ1n) is 7.38. The van der Waals surface area contributed by atoms with Crippen LogP contribution in [-0.2, 0) is 6.18 Å². The Bertz CT molecular complexity index is 1070. The lowest BCUT2D eigenvalue weighted by atomic mass is 10.1. The zero-order valence-corrected chi connectivity index (χ0v) is 14.0. The Labute approximate surface area is 150 Å². The standard InChI is InChI=1S/C18H11ClF3NO3/c1-9-3-2-4-11-14(24)8-15(26-16(9)11)17(25)23-13-7-10(18(20,21)22)5-6-12(13)19/h2-8H,1H3,(H,23,25). The van der Waals surface area contributed by atoms with Crippen molar-refractivity contribution in [3.8, 4) is 0 Å². The lowest BCUT2D eigenvalue weighted by Crippen LogP contribution is -2.16. The van der Waals surface area contributed by atoms with Crippen molar-refractivity contribution >= 4 is 34.2 Å². The Morgan fingerprint density at radius 3 is 2.58 bits per heavy atom. The Kier molecular flexibility index (Phi) is 4.50. The first-order valence-corrected chi connectivity index (χ1v) is 7.76. The minimum atomic E-state index is -4.59. The molecule has 1 heterocycles. The second-order valence-corrected chi connectivity index (χ2v) is 5.98. The summed E-state index contributed by atoms with van der Waals surface area (Å²) in [6.07, 6.45) is -4.59. The molecule has 0 saturated carbocycles. The zero-order chi connectivity index (χ0) is 19.1. The number of fused-ring (bicyclic) bond motifs is 1. The van der Waals surface area contributed by atoms with Gasteiger partial charge in [0.1, 0.15) is 5.58 Å². The predicted octanol–water partition coefficient (Wildman–Crippen LogP) is 5.03. The molecular weight excluding hydrogens is 371 g/mol. The molecular formula is C18H11ClF3NO3. The van der Waals surface area contributed by atoms with Gasteiger partial charge in [-0.3, -0.25) is 9.59 Å². The Balaban J connectivity index is 2.00. The van der Waals surface area contributed by atoms with E-state index in [9.17, 15) is 22.8 Å². The first kappa shape index (κ1) is 18.0. The maximum atomic E-state index is 12.8. The normalized spacial score (nSPS) is 11.6. The molecule has 4 nitrogen and oxygen atoms in total. The monoisotopic (exact) mass is 381 g/mol. The minimum Gasteiger partial charge on any atom is -0.450 e. The number of alkyl halides is 3. The number of halogens is 4. The summed E-state index contributed by atoms with van der Waals surface area (Å²) < 4.78 is 43.9. The molecule has 3 aromatic rings. The van der Waals surface area contributed by atoms with E-state index >= 15 is 0 Å². The summed E-state index contributed by atoms with van der Waals surface area (Å²) >= 11 is 5.85. The van der Waals surface area contributed by atoms with Crippen LogP contribution >= 0.6 is 11.6 Å². The summed E-state index contributed by atoms with van der Waals surface area (Å²) in [6.45, 7) is 1.70. The Morgan fingerprint density at radius 2 is 1.88 bits per heavy atom. The van der Waals surface area contributed by atoms with Gasteiger partial charge >= 0.3 is 6.18 Å². The summed E-state index contributed by atoms with van der Waals surface area (Å²) in [4.78, 5) is 24.5. The van der Waals surface area contributed by atoms with Crippen LogP contribution in [0.5, 0.6) is 0 Å². The van der Waals surface area contributed by atoms with E-state index in [1.54, 1.807) is 25.1 Å². The number of anilines is 1. The fourth-order valence-corrected chi connectivity index (χ4v) is 2.58. The third-order valence-corrected chi connectivity index (χ3v) is 4.05. The van der Waals surface area contributed by atoms with Gasteiger partial charge in [-0.15, -0.1) is 0 Å². The number of hydrogen-bond acceptors (Lipinski definition) is 3. The van der Waals surface area contributed by atoms with Crippen LogP contribution in [0.15, 0.2) is 51.7 Å². The lowest BCUT2D eigenvalue weighted by Gasteiger charge is -2.11. The maximum Gasteiger partial charge on any atom is 0.416 e. The molecule has 0 spiro atoms. The summed E-state index contributed by atoms with van der Waals surface area (Å²) in [5.74, 6) is -1.21. The van der Waals surface area contributed by atoms with Gasteiger partial charge in [-0.25, -0.2) is 0 Å². The molecule has 26 heavy (non-hydrogen) atoms. The van der Waals surface area contributed by atoms with Gasteiger partial charge in [0, 0.05) is 6.07 Å². The molecule has 2 aromatic carbocycles. The van der Waals surface area contributed by atoms with Crippen LogP contribution in [0, 0.1) is 6.92 Å². The van der Waals surface area contributed by atoms with E-state index in [4.69, 9.17) is 16.0 Å². The molecule has 0 bridgehead atoms. The average Bonchev–Trinajstić information content (AvgIpc) is 2.56. The van der Waals surface area contributed by atoms with Crippen molar-refractivity contribution in [3.05, 3.63) is 74.6 Å². The fraction of sp³-hybridized carbons (Fsp3) is 0.111. The number of benzene rings is 2. The molecule has 0 aliphatic carbocycles. The van der Waals surface area contributed by atoms with Crippen molar-refractivity contribution < 1.29 is 22.4 Å². The summed E-state index contributed by atoms with van der Waals surface area (Å²) in [6, 6.07) is 8.47. The van der Waals surface area contributed by atoms with Crippen LogP contribution < -0.4 is 10.7 Å². The first-order chi connectivity index (χ1) is 12.2. The summed E-state index contributed by atoms with van der Waals surface area (Å²) in [7, 11) is 0. The molecule has 1 aromatic heterocycles. The highest BCUT2D eigenvalue weighted by molar-refractivity contribution is 6.33. The maximum absolute atomic E-state index is 12.8. The van der Waals surface area contributed by atoms with Crippen LogP contribution in [0.1, 0.15) is 21.7 Å². The van der Waals surface area contributed by atoms with E-state index in [1.807, 2.05) is 0 Å². The number of carbonyl (C=O) groups is 1. The van der Waals surface area contributed by atoms with E-state index in [0.29, 0.717) is 17.0 Å². The smallest absolute Gasteiger partial charge is 0.416 e. The number of nitrogens with one attached hydrogen (secondary N) is 1. The van der Waals surface area contributed by atoms with E-state index < -0.39 is 23.1 Å². The highest BCUT2D eigenvalue weighted by Crippen LogP contribution is 2.34. The second kappa shape index (κ2) is 6.49. The molecule has 3 rings (SSSR count). The summed E-state index contributed by atoms with van der Waals surface area (Å²) in [5.41, 5.74) is -0.756. The molecule has 0 aliphatic rings. The van der Waals surface area contributed by atoms with Gasteiger partial charge in [0.2, 0.25) is 0 Å². The highest BCUT2D eigenvalue weighted by Gasteiger charge is 2.31. The predicted molar refractivity (Wildman–Crippen MR) is 91.6 cm³/mol. The number of hydrogen-bond donors (Lipinski definition) is 1. The fourth-order valence-electron chi connectivity index (χ4n) is 2.41. The Morgan fingerprint density at radius 1 is 1.15 bits per heavy atom. The molecule has 134 valence electrons. The number of carbonyl (C=O) groups excluding carboxylic acids is 1. The van der Waals surface area contributed by atoms with Crippen molar-refractivity contribution in [1.29, 1.82) is 0 Å². The average molecular weight is 382 g/mol. The van der Waals surface area contributed by atoms with Gasteiger partial charge in [-0.05, 0) is 36.8 Å². The van der Waals surface area contributed by atoms with E-state index in [-0.39, 0.29) is 22.1 Å². The topological polar surface area (TPSA) is 59.3 Å². The molecule has 0 atom stereocenters. The SMILES string of the molecule is Cc1cccc2c(=O)cc(C(=O)Nc3cc(C(F)(F)F)ccc3Cl)oc12. The molecule has 0 unspecified atom stereocenters. The van der Waals surface area contributed by atoms with Crippen molar-refractivity contribution in [2.75, 3.05) is 5.32 Å². The van der Waals surface area contributed by atoms with Crippen molar-refractivity contribution in [1.82, 2.24) is 0 Å². The number of para-hydroxylation sites is 1. The van der Waals surface area contributed by atoms with Gasteiger partial charge in [-0.2, -0.15) is 13.2 Å². The van der Waals surface area contributed by atoms with Gasteiger partial charge in [0.25, 0.3) is 5.91 Å². The van der Waals surface area contributed by atoms with Crippen LogP contribution in [0.2, 0.25) is 5.02 Å². The van der Waals surface area contributed by atoms with Crippen LogP contribution in [0.4, 0.5) is 18.9 Å². The number of aryl methyl sites for hydroxylation is 1. The third kappa shape index (κ3) is 3.43. The second-order valence-electron chi connectivity index (χ2n) is 5.57. The van der Waals surface area contributed by atoms with Gasteiger partial charge in [-0.1, -0.05) is 23.7 Å². The molecule has 0 aliphatic heterocycles. The van der Waals surface area contributed by atoms with Gasteiger partial charge in [0.05, 0.1) is 21.7 Å². The van der Waals surface area contributed by atoms with Crippen molar-refractivity contribution in [2.45, 2.75) is 13.1 Å². The van der Waals surface area contributed by atoms with E-state index in [2.05, 4.69) is 5.32 Å². The van der Waals surface area contributed by atoms with Crippen LogP contribution in [-0.4, -0.2) is 5.91 Å². The van der Waals surface area contributed by atoms with E-state index in [1.165, 1.54) is 0 Å². The Hall–Kier alpha value is -2.80. The van der Waals surface area contributed by atoms with E-state index in [0.717, 1.165) is 18.2 Å². The molecule has 8 heteroatoms. The quantitative estimate of drug-likeness (QED) is 0.677. The zero-order valence-electron chi connectivity index (χ0n) is 13.3. The van der Waals surface area contributed by atoms with Crippen LogP contribution in [0.3, 0.4) is 0 Å². The summed E-state index contributed by atoms with van der Waals surface area (Å²) in [5, 5.41) is 2.47. The van der Waals surface area contributed by atoms with Crippen LogP contribution in [0.25, 0.3) is 11.0 Å². The molecule has 0 fully saturated rings. The lowest BCUT2D eigenvalue weighted by molar-refractivity contribution is -0.137. The van der Waals surface area contributed by atoms with Crippen molar-refractivity contribution in [3.63, 3.8) is 0 Å². The highest BCUT2D eigenvalue weighted by atomic mass is 35.5. The van der Waals surface area contributed by atoms with Gasteiger partial charge < -0.3 is 9.73 Å². The molecule has 1 amide bonds. The number of rotatable bonds is 2. The van der Waals surface area contributed by atoms with Gasteiger partial charge in [0.15, 0.2) is 11.2 Å². The molecule has 1 N–H and O–H groups in total. The third-order valence-electron chi connectivity index (χ3n) is 3.72. The molecule has 0 radical (unpaired) electrons.